The van der Waals surface area contributed by atoms with E-state index in [4.69, 9.17) is 0 Å². The van der Waals surface area contributed by atoms with Crippen molar-refractivity contribution in [2.24, 2.45) is 0 Å². The Labute approximate surface area is 59.2 Å². The number of rotatable bonds is 0. The molecule has 0 amide bonds. The van der Waals surface area contributed by atoms with Crippen molar-refractivity contribution in [1.82, 2.24) is 5.32 Å². The van der Waals surface area contributed by atoms with Crippen LogP contribution in [0.4, 0.5) is 0 Å². The highest BCUT2D eigenvalue weighted by atomic mass is 32.2. The Kier molecular flexibility index (Phi) is 1.27. The van der Waals surface area contributed by atoms with E-state index in [1.807, 2.05) is 18.0 Å². The van der Waals surface area contributed by atoms with Crippen molar-refractivity contribution in [3.05, 3.63) is 23.3 Å². The maximum Gasteiger partial charge on any atom is 0.0575 e. The fraction of sp³-hybridized carbons (Fsp3) is 0.429. The Hall–Kier alpha value is -0.370. The summed E-state index contributed by atoms with van der Waals surface area (Å²) in [5, 5.41) is 3.31. The molecule has 1 atom stereocenters. The third-order valence-corrected chi connectivity index (χ3v) is 2.87. The van der Waals surface area contributed by atoms with Crippen LogP contribution < -0.4 is 5.32 Å². The molecule has 0 unspecified atom stereocenters. The minimum absolute atomic E-state index is 0.653. The molecule has 2 aliphatic heterocycles. The highest BCUT2D eigenvalue weighted by molar-refractivity contribution is 8.03. The van der Waals surface area contributed by atoms with Gasteiger partial charge in [0.1, 0.15) is 0 Å². The molecule has 0 aromatic heterocycles. The van der Waals surface area contributed by atoms with Crippen LogP contribution in [-0.4, -0.2) is 11.8 Å². The zero-order chi connectivity index (χ0) is 6.10. The Morgan fingerprint density at radius 3 is 3.56 bits per heavy atom. The van der Waals surface area contributed by atoms with E-state index in [0.717, 1.165) is 0 Å². The lowest BCUT2D eigenvalue weighted by Crippen LogP contribution is -2.23. The minimum atomic E-state index is 0.653. The van der Waals surface area contributed by atoms with Gasteiger partial charge in [0.25, 0.3) is 0 Å². The van der Waals surface area contributed by atoms with Gasteiger partial charge in [-0.1, -0.05) is 0 Å². The second kappa shape index (κ2) is 2.10. The van der Waals surface area contributed by atoms with Crippen molar-refractivity contribution in [2.45, 2.75) is 12.5 Å². The van der Waals surface area contributed by atoms with E-state index >= 15 is 0 Å². The number of thioether (sulfide) groups is 1. The van der Waals surface area contributed by atoms with Gasteiger partial charge < -0.3 is 5.32 Å². The molecule has 9 heavy (non-hydrogen) atoms. The van der Waals surface area contributed by atoms with Crippen molar-refractivity contribution in [2.75, 3.05) is 5.75 Å². The van der Waals surface area contributed by atoms with Gasteiger partial charge in [-0.05, 0) is 24.8 Å². The highest BCUT2D eigenvalue weighted by Gasteiger charge is 2.20. The molecular weight excluding hydrogens is 130 g/mol. The fourth-order valence-corrected chi connectivity index (χ4v) is 2.33. The van der Waals surface area contributed by atoms with Gasteiger partial charge in [-0.15, -0.1) is 11.8 Å². The first kappa shape index (κ1) is 5.42. The second-order valence-corrected chi connectivity index (χ2v) is 3.45. The van der Waals surface area contributed by atoms with Crippen LogP contribution in [0, 0.1) is 0 Å². The van der Waals surface area contributed by atoms with Gasteiger partial charge in [0.15, 0.2) is 0 Å². The summed E-state index contributed by atoms with van der Waals surface area (Å²) in [6.07, 6.45) is 7.60. The maximum atomic E-state index is 3.31. The van der Waals surface area contributed by atoms with Crippen LogP contribution in [0.1, 0.15) is 6.42 Å². The van der Waals surface area contributed by atoms with E-state index in [9.17, 15) is 0 Å². The summed E-state index contributed by atoms with van der Waals surface area (Å²) in [4.78, 5) is 1.51. The first-order valence-corrected chi connectivity index (χ1v) is 4.21. The van der Waals surface area contributed by atoms with Crippen molar-refractivity contribution in [1.29, 1.82) is 0 Å². The summed E-state index contributed by atoms with van der Waals surface area (Å²) in [5.74, 6) is 1.28. The monoisotopic (exact) mass is 139 g/mol. The quantitative estimate of drug-likeness (QED) is 0.545. The Morgan fingerprint density at radius 1 is 1.67 bits per heavy atom. The summed E-state index contributed by atoms with van der Waals surface area (Å²) >= 11 is 1.97. The Balaban J connectivity index is 2.23. The highest BCUT2D eigenvalue weighted by Crippen LogP contribution is 2.31. The van der Waals surface area contributed by atoms with Crippen LogP contribution in [0.25, 0.3) is 0 Å². The zero-order valence-electron chi connectivity index (χ0n) is 5.13. The van der Waals surface area contributed by atoms with Gasteiger partial charge in [-0.25, -0.2) is 0 Å². The molecule has 1 fully saturated rings. The van der Waals surface area contributed by atoms with Crippen molar-refractivity contribution < 1.29 is 0 Å². The lowest BCUT2D eigenvalue weighted by Gasteiger charge is -2.13. The number of fused-ring (bicyclic) bond motifs is 1. The molecule has 0 spiro atoms. The SMILES string of the molecule is C1=CN[C@H]2CCSC2=C1. The third-order valence-electron chi connectivity index (χ3n) is 1.67. The third kappa shape index (κ3) is 0.874. The smallest absolute Gasteiger partial charge is 0.0575 e. The Bertz CT molecular complexity index is 172. The summed E-state index contributed by atoms with van der Waals surface area (Å²) < 4.78 is 0. The average molecular weight is 139 g/mol. The molecule has 2 heteroatoms. The molecule has 1 N–H and O–H groups in total. The topological polar surface area (TPSA) is 12.0 Å². The molecule has 48 valence electrons. The van der Waals surface area contributed by atoms with Crippen LogP contribution >= 0.6 is 11.8 Å². The van der Waals surface area contributed by atoms with Crippen molar-refractivity contribution >= 4 is 11.8 Å². The van der Waals surface area contributed by atoms with E-state index in [2.05, 4.69) is 17.5 Å². The predicted molar refractivity (Wildman–Crippen MR) is 41.2 cm³/mol. The molecule has 1 nitrogen and oxygen atoms in total. The Morgan fingerprint density at radius 2 is 2.67 bits per heavy atom. The van der Waals surface area contributed by atoms with E-state index in [1.54, 1.807) is 0 Å². The zero-order valence-corrected chi connectivity index (χ0v) is 5.95. The summed E-state index contributed by atoms with van der Waals surface area (Å²) in [7, 11) is 0. The van der Waals surface area contributed by atoms with Crippen LogP contribution in [0.15, 0.2) is 23.3 Å². The molecule has 0 aromatic carbocycles. The van der Waals surface area contributed by atoms with Crippen molar-refractivity contribution in [3.63, 3.8) is 0 Å². The normalized spacial score (nSPS) is 31.1. The number of allylic oxidation sites excluding steroid dienone is 2. The van der Waals surface area contributed by atoms with E-state index < -0.39 is 0 Å². The predicted octanol–water partition coefficient (Wildman–Crippen LogP) is 1.49. The van der Waals surface area contributed by atoms with Gasteiger partial charge in [0.05, 0.1) is 6.04 Å². The number of hydrogen-bond donors (Lipinski definition) is 1. The number of dihydropyridines is 1. The van der Waals surface area contributed by atoms with Gasteiger partial charge in [-0.3, -0.25) is 0 Å². The standard InChI is InChI=1S/C7H9NS/c1-2-7-6(8-4-1)3-5-9-7/h1-2,4,6,8H,3,5H2/t6-/m0/s1. The molecule has 0 aliphatic carbocycles. The molecule has 2 heterocycles. The van der Waals surface area contributed by atoms with Crippen molar-refractivity contribution in [3.8, 4) is 0 Å². The van der Waals surface area contributed by atoms with Crippen LogP contribution in [0.3, 0.4) is 0 Å². The maximum absolute atomic E-state index is 3.31. The largest absolute Gasteiger partial charge is 0.384 e. The van der Waals surface area contributed by atoms with Gasteiger partial charge in [-0.2, -0.15) is 0 Å². The van der Waals surface area contributed by atoms with E-state index in [0.29, 0.717) is 6.04 Å². The lowest BCUT2D eigenvalue weighted by molar-refractivity contribution is 0.684. The minimum Gasteiger partial charge on any atom is -0.384 e. The molecule has 2 aliphatic rings. The molecule has 0 aromatic rings. The fourth-order valence-electron chi connectivity index (χ4n) is 1.18. The van der Waals surface area contributed by atoms with Gasteiger partial charge in [0, 0.05) is 10.7 Å². The number of nitrogens with one attached hydrogen (secondary N) is 1. The summed E-state index contributed by atoms with van der Waals surface area (Å²) in [6, 6.07) is 0.653. The number of hydrogen-bond acceptors (Lipinski definition) is 2. The molecule has 1 saturated heterocycles. The van der Waals surface area contributed by atoms with Crippen LogP contribution in [-0.2, 0) is 0 Å². The average Bonchev–Trinajstić information content (AvgIpc) is 2.33. The van der Waals surface area contributed by atoms with Gasteiger partial charge >= 0.3 is 0 Å². The molecule has 0 radical (unpaired) electrons. The van der Waals surface area contributed by atoms with E-state index in [1.165, 1.54) is 17.1 Å². The lowest BCUT2D eigenvalue weighted by atomic mass is 10.2. The van der Waals surface area contributed by atoms with Gasteiger partial charge in [0.2, 0.25) is 0 Å². The first-order chi connectivity index (χ1) is 4.47. The van der Waals surface area contributed by atoms with E-state index in [-0.39, 0.29) is 0 Å². The summed E-state index contributed by atoms with van der Waals surface area (Å²) in [6.45, 7) is 0. The summed E-state index contributed by atoms with van der Waals surface area (Å²) in [5.41, 5.74) is 0. The molecule has 2 rings (SSSR count). The molecule has 0 saturated carbocycles. The molecular formula is C7H9NS. The van der Waals surface area contributed by atoms with Crippen LogP contribution in [0.5, 0.6) is 0 Å². The molecule has 0 bridgehead atoms. The van der Waals surface area contributed by atoms with Crippen LogP contribution in [0.2, 0.25) is 0 Å². The first-order valence-electron chi connectivity index (χ1n) is 3.22. The second-order valence-electron chi connectivity index (χ2n) is 2.28.